The molecule has 0 unspecified atom stereocenters. The first-order chi connectivity index (χ1) is 27.6. The third-order valence-corrected chi connectivity index (χ3v) is 17.6. The summed E-state index contributed by atoms with van der Waals surface area (Å²) in [5.74, 6) is 0.575. The van der Waals surface area contributed by atoms with Gasteiger partial charge in [-0.25, -0.2) is 0 Å². The first-order valence-electron chi connectivity index (χ1n) is 20.7. The Kier molecular flexibility index (Phi) is 10.1. The lowest BCUT2D eigenvalue weighted by molar-refractivity contribution is 0.0658. The molecule has 2 amide bonds. The van der Waals surface area contributed by atoms with Crippen LogP contribution in [0.15, 0.2) is 72.8 Å². The summed E-state index contributed by atoms with van der Waals surface area (Å²) >= 11 is 0. The van der Waals surface area contributed by atoms with E-state index in [0.717, 1.165) is 66.2 Å². The van der Waals surface area contributed by atoms with Gasteiger partial charge in [-0.3, -0.25) is 14.5 Å². The number of benzene rings is 3. The Balaban J connectivity index is 1.22. The minimum atomic E-state index is -2.10. The van der Waals surface area contributed by atoms with E-state index in [1.54, 1.807) is 4.90 Å². The number of hydrogen-bond donors (Lipinski definition) is 1. The molecule has 58 heavy (non-hydrogen) atoms. The van der Waals surface area contributed by atoms with Crippen LogP contribution in [0.3, 0.4) is 0 Å². The van der Waals surface area contributed by atoms with Gasteiger partial charge in [0.15, 0.2) is 0 Å². The van der Waals surface area contributed by atoms with E-state index in [1.165, 1.54) is 16.7 Å². The number of rotatable bonds is 8. The number of nitrogens with zero attached hydrogens (tertiary/aromatic N) is 5. The minimum Gasteiger partial charge on any atom is -0.544 e. The van der Waals surface area contributed by atoms with Gasteiger partial charge in [0.05, 0.1) is 11.3 Å². The lowest BCUT2D eigenvalue weighted by Gasteiger charge is -2.36. The molecule has 3 aliphatic rings. The lowest BCUT2D eigenvalue weighted by Crippen LogP contribution is -2.43. The van der Waals surface area contributed by atoms with E-state index in [1.807, 2.05) is 68.3 Å². The molecule has 5 aromatic rings. The third-order valence-electron chi connectivity index (χ3n) is 13.3. The maximum absolute atomic E-state index is 15.3. The van der Waals surface area contributed by atoms with E-state index in [4.69, 9.17) is 4.43 Å². The van der Waals surface area contributed by atoms with Crippen LogP contribution in [0.25, 0.3) is 11.3 Å². The van der Waals surface area contributed by atoms with Crippen molar-refractivity contribution < 1.29 is 14.0 Å². The van der Waals surface area contributed by atoms with E-state index in [0.29, 0.717) is 41.3 Å². The van der Waals surface area contributed by atoms with Gasteiger partial charge in [-0.2, -0.15) is 5.26 Å². The van der Waals surface area contributed by atoms with Crippen LogP contribution >= 0.6 is 0 Å². The van der Waals surface area contributed by atoms with Gasteiger partial charge in [0.2, 0.25) is 8.32 Å². The summed E-state index contributed by atoms with van der Waals surface area (Å²) in [7, 11) is -0.119. The largest absolute Gasteiger partial charge is 0.544 e. The van der Waals surface area contributed by atoms with Crippen LogP contribution in [0.4, 0.5) is 11.4 Å². The summed E-state index contributed by atoms with van der Waals surface area (Å²) in [6, 6.07) is 27.0. The molecule has 0 radical (unpaired) electrons. The predicted octanol–water partition coefficient (Wildman–Crippen LogP) is 9.91. The molecule has 10 heteroatoms. The molecule has 9 nitrogen and oxygen atoms in total. The number of amides is 2. The van der Waals surface area contributed by atoms with Gasteiger partial charge in [-0.1, -0.05) is 45.0 Å². The highest BCUT2D eigenvalue weighted by molar-refractivity contribution is 6.74. The number of hydrogen-bond acceptors (Lipinski definition) is 5. The Morgan fingerprint density at radius 2 is 1.62 bits per heavy atom. The van der Waals surface area contributed by atoms with Gasteiger partial charge in [0.1, 0.15) is 17.5 Å². The summed E-state index contributed by atoms with van der Waals surface area (Å²) < 4.78 is 10.8. The summed E-state index contributed by atoms with van der Waals surface area (Å²) in [6.07, 6.45) is 3.69. The van der Waals surface area contributed by atoms with Crippen LogP contribution in [0, 0.1) is 25.2 Å². The molecular formula is C48H56N6O3Si. The molecule has 3 aromatic carbocycles. The molecule has 4 heterocycles. The quantitative estimate of drug-likeness (QED) is 0.158. The minimum absolute atomic E-state index is 0.000172. The van der Waals surface area contributed by atoms with E-state index in [2.05, 4.69) is 91.6 Å². The summed E-state index contributed by atoms with van der Waals surface area (Å²) in [4.78, 5) is 33.9. The van der Waals surface area contributed by atoms with E-state index in [-0.39, 0.29) is 28.9 Å². The zero-order valence-electron chi connectivity index (χ0n) is 35.5. The Hall–Kier alpha value is -5.37. The average molecular weight is 793 g/mol. The average Bonchev–Trinajstić information content (AvgIpc) is 3.92. The molecule has 0 spiro atoms. The molecule has 1 aliphatic carbocycles. The fourth-order valence-electron chi connectivity index (χ4n) is 8.52. The predicted molar refractivity (Wildman–Crippen MR) is 233 cm³/mol. The fraction of sp³-hybridized carbons (Fsp3) is 0.396. The number of carbonyl (C=O) groups is 2. The van der Waals surface area contributed by atoms with Crippen molar-refractivity contribution in [2.75, 3.05) is 11.4 Å². The number of fused-ring (bicyclic) bond motifs is 2. The van der Waals surface area contributed by atoms with Gasteiger partial charge in [-0.05, 0) is 142 Å². The maximum atomic E-state index is 15.3. The molecule has 2 aromatic heterocycles. The molecule has 2 aliphatic heterocycles. The van der Waals surface area contributed by atoms with Crippen molar-refractivity contribution in [2.24, 2.45) is 7.05 Å². The van der Waals surface area contributed by atoms with Crippen molar-refractivity contribution in [3.05, 3.63) is 123 Å². The van der Waals surface area contributed by atoms with Crippen molar-refractivity contribution in [3.8, 4) is 23.1 Å². The highest BCUT2D eigenvalue weighted by Gasteiger charge is 2.39. The highest BCUT2D eigenvalue weighted by atomic mass is 28.4. The van der Waals surface area contributed by atoms with E-state index in [9.17, 15) is 10.1 Å². The smallest absolute Gasteiger partial charge is 0.264 e. The number of anilines is 2. The lowest BCUT2D eigenvalue weighted by atomic mass is 9.90. The molecule has 1 saturated carbocycles. The van der Waals surface area contributed by atoms with Crippen molar-refractivity contribution in [1.29, 1.82) is 5.26 Å². The first kappa shape index (κ1) is 39.5. The summed E-state index contributed by atoms with van der Waals surface area (Å²) in [5.41, 5.74) is 11.3. The second-order valence-corrected chi connectivity index (χ2v) is 22.9. The molecule has 0 saturated heterocycles. The van der Waals surface area contributed by atoms with Crippen molar-refractivity contribution in [1.82, 2.24) is 19.4 Å². The molecule has 1 atom stereocenters. The molecule has 0 bridgehead atoms. The van der Waals surface area contributed by atoms with Crippen LogP contribution in [0.2, 0.25) is 18.1 Å². The SMILES string of the molecule is Cc1c(C(=O)N(c2ccc(O[Si](C)(C)C(C)(C)C)cc2)c2cc(C#N)n(C3CC3)c2C)cc(-c2cc3c(cc2C(=O)N2Cc4ccccc4C[C@H]2C)CNCC3)n1C. The molecule has 1 fully saturated rings. The van der Waals surface area contributed by atoms with Crippen molar-refractivity contribution in [2.45, 2.75) is 111 Å². The monoisotopic (exact) mass is 792 g/mol. The first-order valence-corrected chi connectivity index (χ1v) is 23.6. The van der Waals surface area contributed by atoms with Gasteiger partial charge in [-0.15, -0.1) is 0 Å². The normalized spacial score (nSPS) is 16.7. The van der Waals surface area contributed by atoms with Crippen molar-refractivity contribution >= 4 is 31.5 Å². The Bertz CT molecular complexity index is 2480. The Morgan fingerprint density at radius 3 is 2.29 bits per heavy atom. The number of nitriles is 1. The second kappa shape index (κ2) is 14.8. The molecular weight excluding hydrogens is 737 g/mol. The third kappa shape index (κ3) is 6.98. The van der Waals surface area contributed by atoms with Gasteiger partial charge in [0.25, 0.3) is 11.8 Å². The Morgan fingerprint density at radius 1 is 0.914 bits per heavy atom. The van der Waals surface area contributed by atoms with Crippen LogP contribution in [-0.2, 0) is 33.0 Å². The van der Waals surface area contributed by atoms with Gasteiger partial charge >= 0.3 is 0 Å². The summed E-state index contributed by atoms with van der Waals surface area (Å²) in [6.45, 7) is 19.4. The van der Waals surface area contributed by atoms with E-state index >= 15 is 4.79 Å². The standard InChI is InChI=1S/C48H56N6O3Si/c1-30-22-33-12-10-11-13-35(33)29-52(30)46(55)43-24-36-28-50-21-20-34(36)23-42(43)45-26-41(31(2)51(45)7)47(56)54(44-25-39(27-49)53(32(44)3)37-14-15-37)38-16-18-40(19-17-38)57-58(8,9)48(4,5)6/h10-13,16-19,23-26,30,37,50H,14-15,20-22,28-29H2,1-9H3/t30-/m1/s1. The van der Waals surface area contributed by atoms with Gasteiger partial charge < -0.3 is 23.8 Å². The second-order valence-electron chi connectivity index (χ2n) is 18.1. The van der Waals surface area contributed by atoms with Crippen molar-refractivity contribution in [3.63, 3.8) is 0 Å². The fourth-order valence-corrected chi connectivity index (χ4v) is 9.55. The zero-order chi connectivity index (χ0) is 41.3. The van der Waals surface area contributed by atoms with Gasteiger partial charge in [0, 0.05) is 66.1 Å². The number of nitrogens with one attached hydrogen (secondary N) is 1. The number of carbonyl (C=O) groups excluding carboxylic acids is 2. The van der Waals surface area contributed by atoms with Crippen LogP contribution in [0.1, 0.15) is 107 Å². The highest BCUT2D eigenvalue weighted by Crippen LogP contribution is 2.44. The Labute approximate surface area is 344 Å². The molecule has 1 N–H and O–H groups in total. The number of aromatic nitrogens is 2. The van der Waals surface area contributed by atoms with Crippen LogP contribution in [-0.4, -0.2) is 46.8 Å². The molecule has 8 rings (SSSR count). The zero-order valence-corrected chi connectivity index (χ0v) is 36.5. The maximum Gasteiger partial charge on any atom is 0.264 e. The van der Waals surface area contributed by atoms with E-state index < -0.39 is 8.32 Å². The molecule has 300 valence electrons. The summed E-state index contributed by atoms with van der Waals surface area (Å²) in [5, 5.41) is 13.8. The van der Waals surface area contributed by atoms with Crippen LogP contribution < -0.4 is 14.6 Å². The topological polar surface area (TPSA) is 95.5 Å². The van der Waals surface area contributed by atoms with Crippen LogP contribution in [0.5, 0.6) is 5.75 Å².